The second kappa shape index (κ2) is 2.99. The van der Waals surface area contributed by atoms with E-state index in [9.17, 15) is 9.18 Å². The molecule has 2 atom stereocenters. The summed E-state index contributed by atoms with van der Waals surface area (Å²) < 4.78 is 16.5. The maximum atomic E-state index is 11.8. The standard InChI is InChI=1S/C7H11FO2/c1-2-10-7(9)6-3-5(6)4-8/h5-6H,2-4H2,1H3/t5-,6+/m0/s1. The van der Waals surface area contributed by atoms with Gasteiger partial charge in [0, 0.05) is 5.92 Å². The fourth-order valence-electron chi connectivity index (χ4n) is 0.956. The first kappa shape index (κ1) is 7.51. The predicted octanol–water partition coefficient (Wildman–Crippen LogP) is 1.16. The van der Waals surface area contributed by atoms with Crippen LogP contribution in [0.3, 0.4) is 0 Å². The van der Waals surface area contributed by atoms with Gasteiger partial charge in [-0.3, -0.25) is 9.18 Å². The largest absolute Gasteiger partial charge is 0.466 e. The van der Waals surface area contributed by atoms with Crippen molar-refractivity contribution in [2.75, 3.05) is 13.3 Å². The third-order valence-electron chi connectivity index (χ3n) is 1.71. The topological polar surface area (TPSA) is 26.3 Å². The van der Waals surface area contributed by atoms with Gasteiger partial charge in [0.05, 0.1) is 19.2 Å². The first-order valence-corrected chi connectivity index (χ1v) is 3.52. The first-order chi connectivity index (χ1) is 4.79. The number of hydrogen-bond donors (Lipinski definition) is 0. The SMILES string of the molecule is CCOC(=O)[C@@H]1C[C@H]1CF. The highest BCUT2D eigenvalue weighted by atomic mass is 19.1. The average Bonchev–Trinajstić information content (AvgIpc) is 2.66. The minimum absolute atomic E-state index is 0.0425. The van der Waals surface area contributed by atoms with Crippen LogP contribution in [-0.2, 0) is 9.53 Å². The van der Waals surface area contributed by atoms with Gasteiger partial charge in [-0.1, -0.05) is 0 Å². The van der Waals surface area contributed by atoms with Crippen LogP contribution in [0.1, 0.15) is 13.3 Å². The molecule has 0 aromatic heterocycles. The van der Waals surface area contributed by atoms with Crippen LogP contribution >= 0.6 is 0 Å². The van der Waals surface area contributed by atoms with Gasteiger partial charge in [0.2, 0.25) is 0 Å². The van der Waals surface area contributed by atoms with Gasteiger partial charge in [0.15, 0.2) is 0 Å². The summed E-state index contributed by atoms with van der Waals surface area (Å²) in [5, 5.41) is 0. The zero-order valence-corrected chi connectivity index (χ0v) is 5.97. The van der Waals surface area contributed by atoms with Crippen molar-refractivity contribution in [2.24, 2.45) is 11.8 Å². The Hall–Kier alpha value is -0.600. The molecular formula is C7H11FO2. The van der Waals surface area contributed by atoms with Gasteiger partial charge in [-0.05, 0) is 13.3 Å². The molecular weight excluding hydrogens is 135 g/mol. The van der Waals surface area contributed by atoms with Gasteiger partial charge in [0.25, 0.3) is 0 Å². The van der Waals surface area contributed by atoms with E-state index in [1.807, 2.05) is 0 Å². The molecule has 0 amide bonds. The number of esters is 1. The smallest absolute Gasteiger partial charge is 0.309 e. The predicted molar refractivity (Wildman–Crippen MR) is 34.2 cm³/mol. The number of carbonyl (C=O) groups excluding carboxylic acids is 1. The second-order valence-electron chi connectivity index (χ2n) is 2.51. The molecule has 3 heteroatoms. The molecule has 1 aliphatic rings. The van der Waals surface area contributed by atoms with E-state index in [-0.39, 0.29) is 24.5 Å². The van der Waals surface area contributed by atoms with E-state index in [4.69, 9.17) is 4.74 Å². The average molecular weight is 146 g/mol. The summed E-state index contributed by atoms with van der Waals surface area (Å²) in [6.07, 6.45) is 0.676. The second-order valence-corrected chi connectivity index (χ2v) is 2.51. The molecule has 58 valence electrons. The Labute approximate surface area is 59.4 Å². The number of rotatable bonds is 3. The third kappa shape index (κ3) is 1.46. The van der Waals surface area contributed by atoms with Crippen LogP contribution in [0.5, 0.6) is 0 Å². The van der Waals surface area contributed by atoms with Crippen LogP contribution in [0, 0.1) is 11.8 Å². The molecule has 0 saturated heterocycles. The summed E-state index contributed by atoms with van der Waals surface area (Å²) in [4.78, 5) is 10.8. The molecule has 0 unspecified atom stereocenters. The lowest BCUT2D eigenvalue weighted by Gasteiger charge is -1.97. The normalized spacial score (nSPS) is 29.8. The van der Waals surface area contributed by atoms with Gasteiger partial charge in [-0.2, -0.15) is 0 Å². The Kier molecular flexibility index (Phi) is 2.25. The van der Waals surface area contributed by atoms with E-state index in [2.05, 4.69) is 0 Å². The van der Waals surface area contributed by atoms with Gasteiger partial charge >= 0.3 is 5.97 Å². The lowest BCUT2D eigenvalue weighted by Crippen LogP contribution is -2.07. The maximum absolute atomic E-state index is 11.8. The van der Waals surface area contributed by atoms with Crippen molar-refractivity contribution in [3.8, 4) is 0 Å². The van der Waals surface area contributed by atoms with E-state index in [0.717, 1.165) is 0 Å². The molecule has 1 aliphatic carbocycles. The maximum Gasteiger partial charge on any atom is 0.309 e. The Morgan fingerprint density at radius 3 is 2.90 bits per heavy atom. The lowest BCUT2D eigenvalue weighted by atomic mass is 10.3. The van der Waals surface area contributed by atoms with E-state index >= 15 is 0 Å². The Morgan fingerprint density at radius 2 is 2.50 bits per heavy atom. The number of hydrogen-bond acceptors (Lipinski definition) is 2. The molecule has 0 heterocycles. The van der Waals surface area contributed by atoms with Crippen molar-refractivity contribution < 1.29 is 13.9 Å². The summed E-state index contributed by atoms with van der Waals surface area (Å²) in [6, 6.07) is 0. The Bertz CT molecular complexity index is 136. The van der Waals surface area contributed by atoms with Crippen LogP contribution in [-0.4, -0.2) is 19.3 Å². The van der Waals surface area contributed by atoms with Crippen LogP contribution in [0.4, 0.5) is 4.39 Å². The number of ether oxygens (including phenoxy) is 1. The van der Waals surface area contributed by atoms with Crippen LogP contribution in [0.25, 0.3) is 0 Å². The highest BCUT2D eigenvalue weighted by molar-refractivity contribution is 5.75. The van der Waals surface area contributed by atoms with Crippen LogP contribution in [0.2, 0.25) is 0 Å². The first-order valence-electron chi connectivity index (χ1n) is 3.52. The number of halogens is 1. The van der Waals surface area contributed by atoms with Crippen molar-refractivity contribution in [3.05, 3.63) is 0 Å². The fraction of sp³-hybridized carbons (Fsp3) is 0.857. The van der Waals surface area contributed by atoms with Crippen LogP contribution < -0.4 is 0 Å². The highest BCUT2D eigenvalue weighted by Gasteiger charge is 2.43. The van der Waals surface area contributed by atoms with Crippen molar-refractivity contribution in [1.82, 2.24) is 0 Å². The van der Waals surface area contributed by atoms with Crippen molar-refractivity contribution in [3.63, 3.8) is 0 Å². The van der Waals surface area contributed by atoms with Crippen molar-refractivity contribution >= 4 is 5.97 Å². The number of carbonyl (C=O) groups is 1. The minimum atomic E-state index is -0.385. The summed E-state index contributed by atoms with van der Waals surface area (Å²) in [7, 11) is 0. The zero-order chi connectivity index (χ0) is 7.56. The number of alkyl halides is 1. The van der Waals surface area contributed by atoms with E-state index in [1.54, 1.807) is 6.92 Å². The molecule has 2 nitrogen and oxygen atoms in total. The fourth-order valence-corrected chi connectivity index (χ4v) is 0.956. The summed E-state index contributed by atoms with van der Waals surface area (Å²) in [5.74, 6) is -0.408. The third-order valence-corrected chi connectivity index (χ3v) is 1.71. The Morgan fingerprint density at radius 1 is 1.80 bits per heavy atom. The lowest BCUT2D eigenvalue weighted by molar-refractivity contribution is -0.145. The van der Waals surface area contributed by atoms with Crippen molar-refractivity contribution in [2.45, 2.75) is 13.3 Å². The summed E-state index contributed by atoms with van der Waals surface area (Å²) in [5.41, 5.74) is 0. The molecule has 0 radical (unpaired) electrons. The monoisotopic (exact) mass is 146 g/mol. The van der Waals surface area contributed by atoms with Gasteiger partial charge in [0.1, 0.15) is 0 Å². The van der Waals surface area contributed by atoms with E-state index in [1.165, 1.54) is 0 Å². The van der Waals surface area contributed by atoms with Gasteiger partial charge < -0.3 is 4.74 Å². The molecule has 1 rings (SSSR count). The summed E-state index contributed by atoms with van der Waals surface area (Å²) in [6.45, 7) is 1.77. The zero-order valence-electron chi connectivity index (χ0n) is 5.97. The molecule has 0 aromatic carbocycles. The molecule has 0 N–H and O–H groups in total. The Balaban J connectivity index is 2.19. The molecule has 0 aromatic rings. The van der Waals surface area contributed by atoms with E-state index in [0.29, 0.717) is 13.0 Å². The molecule has 1 fully saturated rings. The summed E-state index contributed by atoms with van der Waals surface area (Å²) >= 11 is 0. The molecule has 10 heavy (non-hydrogen) atoms. The van der Waals surface area contributed by atoms with Gasteiger partial charge in [-0.25, -0.2) is 0 Å². The minimum Gasteiger partial charge on any atom is -0.466 e. The van der Waals surface area contributed by atoms with Crippen LogP contribution in [0.15, 0.2) is 0 Å². The molecule has 0 bridgehead atoms. The molecule has 1 saturated carbocycles. The van der Waals surface area contributed by atoms with Gasteiger partial charge in [-0.15, -0.1) is 0 Å². The highest BCUT2D eigenvalue weighted by Crippen LogP contribution is 2.39. The van der Waals surface area contributed by atoms with Crippen molar-refractivity contribution in [1.29, 1.82) is 0 Å². The van der Waals surface area contributed by atoms with E-state index < -0.39 is 0 Å². The molecule has 0 spiro atoms. The molecule has 0 aliphatic heterocycles. The quantitative estimate of drug-likeness (QED) is 0.558.